The van der Waals surface area contributed by atoms with Gasteiger partial charge in [0, 0.05) is 41.5 Å². The number of nitrogens with one attached hydrogen (secondary N) is 1. The van der Waals surface area contributed by atoms with Gasteiger partial charge in [-0.1, -0.05) is 17.7 Å². The van der Waals surface area contributed by atoms with E-state index in [0.29, 0.717) is 18.9 Å². The van der Waals surface area contributed by atoms with Crippen LogP contribution in [0.3, 0.4) is 0 Å². The number of urea groups is 1. The van der Waals surface area contributed by atoms with Crippen molar-refractivity contribution >= 4 is 45.9 Å². The molecule has 8 nitrogen and oxygen atoms in total. The minimum atomic E-state index is -0.287. The molecule has 1 saturated heterocycles. The van der Waals surface area contributed by atoms with Crippen molar-refractivity contribution in [1.82, 2.24) is 25.0 Å². The van der Waals surface area contributed by atoms with Crippen molar-refractivity contribution in [1.29, 1.82) is 0 Å². The summed E-state index contributed by atoms with van der Waals surface area (Å²) < 4.78 is 8.35. The minimum absolute atomic E-state index is 0.0127. The molecule has 1 aliphatic heterocycles. The number of rotatable bonds is 5. The zero-order valence-corrected chi connectivity index (χ0v) is 22.0. The van der Waals surface area contributed by atoms with Crippen LogP contribution in [0.4, 0.5) is 10.5 Å². The molecule has 2 aliphatic rings. The minimum Gasteiger partial charge on any atom is -0.494 e. The summed E-state index contributed by atoms with van der Waals surface area (Å²) in [5, 5.41) is 8.38. The van der Waals surface area contributed by atoms with E-state index in [0.717, 1.165) is 57.2 Å². The van der Waals surface area contributed by atoms with E-state index in [1.807, 2.05) is 36.1 Å². The molecule has 1 aromatic heterocycles. The van der Waals surface area contributed by atoms with Crippen LogP contribution in [0, 0.1) is 10.5 Å². The predicted molar refractivity (Wildman–Crippen MR) is 140 cm³/mol. The lowest BCUT2D eigenvalue weighted by atomic mass is 10.1. The first-order valence-corrected chi connectivity index (χ1v) is 12.7. The molecule has 0 atom stereocenters. The highest BCUT2D eigenvalue weighted by Gasteiger charge is 2.46. The Morgan fingerprint density at radius 1 is 1.15 bits per heavy atom. The monoisotopic (exact) mass is 592 g/mol. The Morgan fingerprint density at radius 2 is 1.91 bits per heavy atom. The SMILES string of the molecule is COc1cc(N2CCN(C(=O)NC3(c4ccc(I)c(Cl)c4)CC3)CC2)ccc1-n1cnc(C)n1. The first kappa shape index (κ1) is 23.2. The molecule has 3 aromatic rings. The molecule has 1 saturated carbocycles. The molecule has 2 fully saturated rings. The fourth-order valence-corrected chi connectivity index (χ4v) is 4.89. The smallest absolute Gasteiger partial charge is 0.318 e. The molecular weight excluding hydrogens is 567 g/mol. The molecule has 10 heteroatoms. The lowest BCUT2D eigenvalue weighted by molar-refractivity contribution is 0.189. The zero-order chi connectivity index (χ0) is 23.9. The second-order valence-electron chi connectivity index (χ2n) is 8.71. The molecule has 1 aliphatic carbocycles. The second-order valence-corrected chi connectivity index (χ2v) is 10.3. The number of hydrogen-bond donors (Lipinski definition) is 1. The highest BCUT2D eigenvalue weighted by atomic mass is 127. The van der Waals surface area contributed by atoms with E-state index in [1.165, 1.54) is 0 Å². The number of methoxy groups -OCH3 is 1. The van der Waals surface area contributed by atoms with Gasteiger partial charge in [0.05, 0.1) is 17.7 Å². The molecule has 5 rings (SSSR count). The Morgan fingerprint density at radius 3 is 2.53 bits per heavy atom. The van der Waals surface area contributed by atoms with E-state index in [1.54, 1.807) is 18.1 Å². The summed E-state index contributed by atoms with van der Waals surface area (Å²) in [6, 6.07) is 12.1. The highest BCUT2D eigenvalue weighted by Crippen LogP contribution is 2.46. The van der Waals surface area contributed by atoms with Gasteiger partial charge in [0.2, 0.25) is 0 Å². The Balaban J connectivity index is 1.22. The van der Waals surface area contributed by atoms with Crippen LogP contribution >= 0.6 is 34.2 Å². The summed E-state index contributed by atoms with van der Waals surface area (Å²) in [7, 11) is 1.66. The van der Waals surface area contributed by atoms with Crippen molar-refractivity contribution in [3.05, 3.63) is 62.7 Å². The van der Waals surface area contributed by atoms with Gasteiger partial charge in [-0.05, 0) is 72.2 Å². The summed E-state index contributed by atoms with van der Waals surface area (Å²) in [5.74, 6) is 1.44. The van der Waals surface area contributed by atoms with E-state index in [-0.39, 0.29) is 11.6 Å². The Labute approximate surface area is 217 Å². The quantitative estimate of drug-likeness (QED) is 0.446. The third-order valence-corrected chi connectivity index (χ3v) is 8.09. The van der Waals surface area contributed by atoms with Gasteiger partial charge in [0.15, 0.2) is 0 Å². The topological polar surface area (TPSA) is 75.5 Å². The van der Waals surface area contributed by atoms with Crippen molar-refractivity contribution < 1.29 is 9.53 Å². The lowest BCUT2D eigenvalue weighted by Crippen LogP contribution is -2.53. The van der Waals surface area contributed by atoms with Gasteiger partial charge >= 0.3 is 6.03 Å². The molecule has 34 heavy (non-hydrogen) atoms. The summed E-state index contributed by atoms with van der Waals surface area (Å²) >= 11 is 8.54. The summed E-state index contributed by atoms with van der Waals surface area (Å²) in [6.45, 7) is 4.67. The van der Waals surface area contributed by atoms with E-state index in [4.69, 9.17) is 16.3 Å². The van der Waals surface area contributed by atoms with Gasteiger partial charge in [0.25, 0.3) is 0 Å². The molecule has 2 heterocycles. The Hall–Kier alpha value is -2.53. The molecule has 0 spiro atoms. The predicted octanol–water partition coefficient (Wildman–Crippen LogP) is 4.36. The summed E-state index contributed by atoms with van der Waals surface area (Å²) in [6.07, 6.45) is 3.56. The van der Waals surface area contributed by atoms with Crippen molar-refractivity contribution in [2.75, 3.05) is 38.2 Å². The van der Waals surface area contributed by atoms with Crippen molar-refractivity contribution in [2.45, 2.75) is 25.3 Å². The van der Waals surface area contributed by atoms with Gasteiger partial charge in [-0.3, -0.25) is 0 Å². The standard InChI is InChI=1S/C24H26ClIN6O2/c1-16-27-15-32(29-16)21-6-4-18(14-22(21)34-2)30-9-11-31(12-10-30)23(33)28-24(7-8-24)17-3-5-20(26)19(25)13-17/h3-6,13-15H,7-12H2,1-2H3,(H,28,33). The zero-order valence-electron chi connectivity index (χ0n) is 19.1. The number of ether oxygens (including phenoxy) is 1. The molecule has 178 valence electrons. The molecule has 0 radical (unpaired) electrons. The van der Waals surface area contributed by atoms with Gasteiger partial charge < -0.3 is 19.9 Å². The van der Waals surface area contributed by atoms with Crippen molar-refractivity contribution in [2.24, 2.45) is 0 Å². The Kier molecular flexibility index (Phi) is 6.32. The number of benzene rings is 2. The number of carbonyl (C=O) groups excluding carboxylic acids is 1. The third-order valence-electron chi connectivity index (χ3n) is 6.52. The number of halogens is 2. The maximum Gasteiger partial charge on any atom is 0.318 e. The van der Waals surface area contributed by atoms with Crippen molar-refractivity contribution in [3.63, 3.8) is 0 Å². The first-order valence-electron chi connectivity index (χ1n) is 11.2. The number of nitrogens with zero attached hydrogens (tertiary/aromatic N) is 5. The van der Waals surface area contributed by atoms with Crippen LogP contribution in [0.5, 0.6) is 5.75 Å². The van der Waals surface area contributed by atoms with Gasteiger partial charge in [-0.25, -0.2) is 14.5 Å². The van der Waals surface area contributed by atoms with E-state index in [9.17, 15) is 4.79 Å². The van der Waals surface area contributed by atoms with Gasteiger partial charge in [0.1, 0.15) is 23.6 Å². The first-order chi connectivity index (χ1) is 16.4. The average Bonchev–Trinajstić information content (AvgIpc) is 3.50. The third kappa shape index (κ3) is 4.55. The van der Waals surface area contributed by atoms with Crippen LogP contribution < -0.4 is 15.0 Å². The summed E-state index contributed by atoms with van der Waals surface area (Å²) in [4.78, 5) is 21.4. The van der Waals surface area contributed by atoms with Gasteiger partial charge in [-0.2, -0.15) is 5.10 Å². The number of amides is 2. The van der Waals surface area contributed by atoms with Crippen LogP contribution in [0.1, 0.15) is 24.2 Å². The molecule has 1 N–H and O–H groups in total. The van der Waals surface area contributed by atoms with Crippen LogP contribution in [-0.4, -0.2) is 59.0 Å². The number of anilines is 1. The largest absolute Gasteiger partial charge is 0.494 e. The normalized spacial score (nSPS) is 16.9. The molecule has 0 unspecified atom stereocenters. The number of aromatic nitrogens is 3. The van der Waals surface area contributed by atoms with Crippen molar-refractivity contribution in [3.8, 4) is 11.4 Å². The number of piperazine rings is 1. The molecule has 2 aromatic carbocycles. The van der Waals surface area contributed by atoms with Crippen LogP contribution in [0.2, 0.25) is 5.02 Å². The lowest BCUT2D eigenvalue weighted by Gasteiger charge is -2.37. The van der Waals surface area contributed by atoms with Crippen LogP contribution in [-0.2, 0) is 5.54 Å². The second kappa shape index (κ2) is 9.26. The highest BCUT2D eigenvalue weighted by molar-refractivity contribution is 14.1. The molecular formula is C24H26ClIN6O2. The maximum absolute atomic E-state index is 13.1. The summed E-state index contributed by atoms with van der Waals surface area (Å²) in [5.41, 5.74) is 2.70. The average molecular weight is 593 g/mol. The van der Waals surface area contributed by atoms with E-state index >= 15 is 0 Å². The molecule has 0 bridgehead atoms. The van der Waals surface area contributed by atoms with Crippen LogP contribution in [0.25, 0.3) is 5.69 Å². The van der Waals surface area contributed by atoms with Crippen LogP contribution in [0.15, 0.2) is 42.7 Å². The number of hydrogen-bond acceptors (Lipinski definition) is 5. The Bertz CT molecular complexity index is 1220. The van der Waals surface area contributed by atoms with E-state index < -0.39 is 0 Å². The fourth-order valence-electron chi connectivity index (χ4n) is 4.37. The van der Waals surface area contributed by atoms with Gasteiger partial charge in [-0.15, -0.1) is 0 Å². The number of carbonyl (C=O) groups is 1. The maximum atomic E-state index is 13.1. The van der Waals surface area contributed by atoms with E-state index in [2.05, 4.69) is 55.0 Å². The molecule has 2 amide bonds. The fraction of sp³-hybridized carbons (Fsp3) is 0.375. The number of aryl methyl sites for hydroxylation is 1.